The fourth-order valence-electron chi connectivity index (χ4n) is 2.55. The maximum Gasteiger partial charge on any atom is 0.263 e. The average molecular weight is 455 g/mol. The summed E-state index contributed by atoms with van der Waals surface area (Å²) in [6.07, 6.45) is 2.60. The lowest BCUT2D eigenvalue weighted by molar-refractivity contribution is 0.276. The summed E-state index contributed by atoms with van der Waals surface area (Å²) < 4.78 is 42.0. The minimum Gasteiger partial charge on any atom is -0.456 e. The molecule has 156 valence electrons. The van der Waals surface area contributed by atoms with E-state index in [1.165, 1.54) is 30.8 Å². The van der Waals surface area contributed by atoms with E-state index in [1.54, 1.807) is 24.3 Å². The van der Waals surface area contributed by atoms with Gasteiger partial charge in [0, 0.05) is 17.1 Å². The van der Waals surface area contributed by atoms with Gasteiger partial charge in [0.05, 0.1) is 17.1 Å². The number of nitriles is 1. The number of aliphatic hydroxyl groups is 1. The van der Waals surface area contributed by atoms with Crippen LogP contribution in [0.4, 0.5) is 5.13 Å². The molecule has 0 spiro atoms. The quantitative estimate of drug-likeness (QED) is 0.428. The summed E-state index contributed by atoms with van der Waals surface area (Å²) in [5, 5.41) is 18.6. The molecule has 0 saturated heterocycles. The molecule has 0 radical (unpaired) electrons. The second kappa shape index (κ2) is 8.52. The number of nitrogens with one attached hydrogen (secondary N) is 1. The lowest BCUT2D eigenvalue weighted by atomic mass is 10.2. The van der Waals surface area contributed by atoms with Crippen LogP contribution >= 0.6 is 11.5 Å². The Kier molecular flexibility index (Phi) is 5.63. The minimum atomic E-state index is -3.93. The van der Waals surface area contributed by atoms with Gasteiger partial charge in [0.1, 0.15) is 35.9 Å². The molecule has 0 atom stereocenters. The van der Waals surface area contributed by atoms with E-state index in [0.29, 0.717) is 22.9 Å². The first-order chi connectivity index (χ1) is 15.0. The van der Waals surface area contributed by atoms with E-state index in [4.69, 9.17) is 14.3 Å². The molecule has 0 aliphatic rings. The summed E-state index contributed by atoms with van der Waals surface area (Å²) >= 11 is 0.897. The van der Waals surface area contributed by atoms with Crippen LogP contribution in [-0.4, -0.2) is 27.9 Å². The van der Waals surface area contributed by atoms with Crippen molar-refractivity contribution < 1.29 is 22.7 Å². The molecule has 0 amide bonds. The number of hydrogen-bond acceptors (Lipinski definition) is 10. The zero-order valence-corrected chi connectivity index (χ0v) is 17.2. The molecule has 4 rings (SSSR count). The van der Waals surface area contributed by atoms with Gasteiger partial charge in [-0.2, -0.15) is 9.64 Å². The summed E-state index contributed by atoms with van der Waals surface area (Å²) in [7, 11) is -3.93. The SMILES string of the molecule is N#Cc1cc(S(=O)(=O)Nc2ncns2)ccc1Oc1ccc(-c2nc(CO)co2)cc1. The number of sulfonamides is 1. The minimum absolute atomic E-state index is 0.0458. The number of rotatable bonds is 7. The van der Waals surface area contributed by atoms with Crippen molar-refractivity contribution in [2.45, 2.75) is 11.5 Å². The number of nitrogens with zero attached hydrogens (tertiary/aromatic N) is 4. The van der Waals surface area contributed by atoms with E-state index in [2.05, 4.69) is 19.1 Å². The maximum atomic E-state index is 12.5. The van der Waals surface area contributed by atoms with Crippen LogP contribution in [0.15, 0.2) is 64.4 Å². The van der Waals surface area contributed by atoms with Crippen LogP contribution in [-0.2, 0) is 16.6 Å². The van der Waals surface area contributed by atoms with E-state index in [-0.39, 0.29) is 27.9 Å². The van der Waals surface area contributed by atoms with E-state index in [1.807, 2.05) is 6.07 Å². The molecule has 0 aliphatic heterocycles. The summed E-state index contributed by atoms with van der Waals surface area (Å²) in [5.74, 6) is 0.978. The normalized spacial score (nSPS) is 11.1. The molecule has 2 N–H and O–H groups in total. The number of ether oxygens (including phenoxy) is 1. The highest BCUT2D eigenvalue weighted by molar-refractivity contribution is 7.93. The molecule has 0 bridgehead atoms. The van der Waals surface area contributed by atoms with E-state index >= 15 is 0 Å². The number of aliphatic hydroxyl groups excluding tert-OH is 1. The summed E-state index contributed by atoms with van der Waals surface area (Å²) in [5.41, 5.74) is 1.14. The van der Waals surface area contributed by atoms with Crippen molar-refractivity contribution in [3.8, 4) is 29.0 Å². The second-order valence-electron chi connectivity index (χ2n) is 6.05. The number of oxazole rings is 1. The molecule has 0 fully saturated rings. The van der Waals surface area contributed by atoms with Crippen LogP contribution in [0.2, 0.25) is 0 Å². The summed E-state index contributed by atoms with van der Waals surface area (Å²) in [4.78, 5) is 7.80. The lowest BCUT2D eigenvalue weighted by Crippen LogP contribution is -2.13. The Morgan fingerprint density at radius 1 is 1.23 bits per heavy atom. The molecular formula is C19H13N5O5S2. The molecular weight excluding hydrogens is 442 g/mol. The standard InChI is InChI=1S/C19H13N5O5S2/c20-8-13-7-16(31(26,27)24-19-21-11-22-30-19)5-6-17(13)29-15-3-1-12(2-4-15)18-23-14(9-25)10-28-18/h1-7,10-11,25H,9H2,(H,21,22,24). The van der Waals surface area contributed by atoms with Gasteiger partial charge in [0.25, 0.3) is 10.0 Å². The molecule has 0 unspecified atom stereocenters. The number of hydrogen-bond donors (Lipinski definition) is 2. The van der Waals surface area contributed by atoms with Crippen LogP contribution in [0.25, 0.3) is 11.5 Å². The third kappa shape index (κ3) is 4.53. The fourth-order valence-corrected chi connectivity index (χ4v) is 4.24. The maximum absolute atomic E-state index is 12.5. The van der Waals surface area contributed by atoms with Crippen molar-refractivity contribution in [1.29, 1.82) is 5.26 Å². The number of aromatic nitrogens is 3. The zero-order chi connectivity index (χ0) is 21.8. The van der Waals surface area contributed by atoms with Gasteiger partial charge in [-0.05, 0) is 42.5 Å². The Hall–Kier alpha value is -3.79. The van der Waals surface area contributed by atoms with Crippen molar-refractivity contribution in [3.63, 3.8) is 0 Å². The Morgan fingerprint density at radius 2 is 2.03 bits per heavy atom. The molecule has 4 aromatic rings. The van der Waals surface area contributed by atoms with Crippen molar-refractivity contribution in [1.82, 2.24) is 14.3 Å². The highest BCUT2D eigenvalue weighted by atomic mass is 32.2. The van der Waals surface area contributed by atoms with Gasteiger partial charge in [-0.3, -0.25) is 4.72 Å². The van der Waals surface area contributed by atoms with Crippen molar-refractivity contribution >= 4 is 26.7 Å². The van der Waals surface area contributed by atoms with Gasteiger partial charge in [-0.25, -0.2) is 18.4 Å². The lowest BCUT2D eigenvalue weighted by Gasteiger charge is -2.10. The smallest absolute Gasteiger partial charge is 0.263 e. The molecule has 2 aromatic heterocycles. The predicted molar refractivity (Wildman–Crippen MR) is 110 cm³/mol. The molecule has 0 aliphatic carbocycles. The van der Waals surface area contributed by atoms with Crippen LogP contribution in [0.5, 0.6) is 11.5 Å². The average Bonchev–Trinajstić information content (AvgIpc) is 3.46. The van der Waals surface area contributed by atoms with Gasteiger partial charge in [0.2, 0.25) is 11.0 Å². The van der Waals surface area contributed by atoms with Crippen LogP contribution < -0.4 is 9.46 Å². The molecule has 2 heterocycles. The summed E-state index contributed by atoms with van der Waals surface area (Å²) in [6.45, 7) is -0.219. The first kappa shape index (κ1) is 20.5. The first-order valence-electron chi connectivity index (χ1n) is 8.66. The highest BCUT2D eigenvalue weighted by Gasteiger charge is 2.18. The van der Waals surface area contributed by atoms with Crippen molar-refractivity contribution in [2.75, 3.05) is 4.72 Å². The van der Waals surface area contributed by atoms with Crippen LogP contribution in [0.1, 0.15) is 11.3 Å². The number of benzene rings is 2. The Balaban J connectivity index is 1.54. The molecule has 2 aromatic carbocycles. The summed E-state index contributed by atoms with van der Waals surface area (Å²) in [6, 6.07) is 12.6. The number of anilines is 1. The van der Waals surface area contributed by atoms with Crippen LogP contribution in [0, 0.1) is 11.3 Å². The molecule has 0 saturated carbocycles. The molecule has 12 heteroatoms. The highest BCUT2D eigenvalue weighted by Crippen LogP contribution is 2.29. The van der Waals surface area contributed by atoms with Crippen molar-refractivity contribution in [2.24, 2.45) is 0 Å². The van der Waals surface area contributed by atoms with Gasteiger partial charge in [-0.1, -0.05) is 0 Å². The zero-order valence-electron chi connectivity index (χ0n) is 15.6. The van der Waals surface area contributed by atoms with E-state index in [9.17, 15) is 13.7 Å². The van der Waals surface area contributed by atoms with Gasteiger partial charge < -0.3 is 14.3 Å². The Morgan fingerprint density at radius 3 is 2.68 bits per heavy atom. The van der Waals surface area contributed by atoms with Crippen molar-refractivity contribution in [3.05, 3.63) is 66.3 Å². The first-order valence-corrected chi connectivity index (χ1v) is 10.9. The largest absolute Gasteiger partial charge is 0.456 e. The predicted octanol–water partition coefficient (Wildman–Crippen LogP) is 3.15. The monoisotopic (exact) mass is 455 g/mol. The van der Waals surface area contributed by atoms with Gasteiger partial charge >= 0.3 is 0 Å². The van der Waals surface area contributed by atoms with Crippen LogP contribution in [0.3, 0.4) is 0 Å². The van der Waals surface area contributed by atoms with E-state index < -0.39 is 10.0 Å². The van der Waals surface area contributed by atoms with Gasteiger partial charge in [-0.15, -0.1) is 0 Å². The second-order valence-corrected chi connectivity index (χ2v) is 8.51. The van der Waals surface area contributed by atoms with E-state index in [0.717, 1.165) is 11.5 Å². The van der Waals surface area contributed by atoms with Gasteiger partial charge in [0.15, 0.2) is 0 Å². The molecule has 10 nitrogen and oxygen atoms in total. The third-order valence-corrected chi connectivity index (χ3v) is 6.05. The fraction of sp³-hybridized carbons (Fsp3) is 0.0526. The third-order valence-electron chi connectivity index (χ3n) is 4.01. The molecule has 31 heavy (non-hydrogen) atoms. The Labute approximate surface area is 180 Å². The topological polar surface area (TPSA) is 151 Å². The Bertz CT molecular complexity index is 1340.